The van der Waals surface area contributed by atoms with Gasteiger partial charge in [-0.15, -0.1) is 0 Å². The van der Waals surface area contributed by atoms with E-state index < -0.39 is 0 Å². The molecule has 2 fully saturated rings. The number of nitrogens with two attached hydrogens (primary N) is 1. The van der Waals surface area contributed by atoms with Crippen molar-refractivity contribution in [3.8, 4) is 0 Å². The van der Waals surface area contributed by atoms with Crippen LogP contribution in [0, 0.1) is 5.92 Å². The van der Waals surface area contributed by atoms with Crippen LogP contribution in [-0.4, -0.2) is 54.5 Å². The fourth-order valence-corrected chi connectivity index (χ4v) is 3.08. The minimum absolute atomic E-state index is 0.208. The molecule has 2 saturated heterocycles. The van der Waals surface area contributed by atoms with Crippen molar-refractivity contribution in [1.82, 2.24) is 9.80 Å². The van der Waals surface area contributed by atoms with Crippen LogP contribution in [0.25, 0.3) is 0 Å². The van der Waals surface area contributed by atoms with Crippen LogP contribution in [0.4, 0.5) is 0 Å². The number of nitrogens with zero attached hydrogens (tertiary/aromatic N) is 2. The normalized spacial score (nSPS) is 27.4. The Morgan fingerprint density at radius 1 is 1.28 bits per heavy atom. The third kappa shape index (κ3) is 3.69. The summed E-state index contributed by atoms with van der Waals surface area (Å²) in [6.45, 7) is 7.16. The van der Waals surface area contributed by atoms with Gasteiger partial charge in [-0.25, -0.2) is 0 Å². The smallest absolute Gasteiger partial charge is 0.223 e. The van der Waals surface area contributed by atoms with Crippen LogP contribution in [0.1, 0.15) is 39.0 Å². The number of amides is 1. The highest BCUT2D eigenvalue weighted by Crippen LogP contribution is 2.19. The molecule has 0 aromatic carbocycles. The van der Waals surface area contributed by atoms with Gasteiger partial charge in [-0.1, -0.05) is 0 Å². The second-order valence-electron chi connectivity index (χ2n) is 5.90. The first kappa shape index (κ1) is 13.8. The summed E-state index contributed by atoms with van der Waals surface area (Å²) in [5.74, 6) is 0.821. The van der Waals surface area contributed by atoms with E-state index in [1.54, 1.807) is 0 Å². The van der Waals surface area contributed by atoms with Gasteiger partial charge in [-0.05, 0) is 51.6 Å². The molecule has 0 aromatic rings. The Bertz CT molecular complexity index is 274. The van der Waals surface area contributed by atoms with Crippen molar-refractivity contribution in [2.75, 3.05) is 32.7 Å². The summed E-state index contributed by atoms with van der Waals surface area (Å²) in [6.07, 6.45) is 5.57. The summed E-state index contributed by atoms with van der Waals surface area (Å²) in [6, 6.07) is 0.208. The predicted molar refractivity (Wildman–Crippen MR) is 73.2 cm³/mol. The van der Waals surface area contributed by atoms with Gasteiger partial charge < -0.3 is 15.5 Å². The maximum absolute atomic E-state index is 12.2. The summed E-state index contributed by atoms with van der Waals surface area (Å²) in [4.78, 5) is 16.6. The Morgan fingerprint density at radius 3 is 2.67 bits per heavy atom. The lowest BCUT2D eigenvalue weighted by Crippen LogP contribution is -2.45. The number of likely N-dealkylation sites (tertiary alicyclic amines) is 2. The molecule has 0 spiro atoms. The molecule has 18 heavy (non-hydrogen) atoms. The van der Waals surface area contributed by atoms with Crippen molar-refractivity contribution in [3.63, 3.8) is 0 Å². The Morgan fingerprint density at radius 2 is 2.00 bits per heavy atom. The summed E-state index contributed by atoms with van der Waals surface area (Å²) >= 11 is 0. The van der Waals surface area contributed by atoms with Gasteiger partial charge in [-0.2, -0.15) is 0 Å². The van der Waals surface area contributed by atoms with Gasteiger partial charge in [0.15, 0.2) is 0 Å². The predicted octanol–water partition coefficient (Wildman–Crippen LogP) is 1.06. The van der Waals surface area contributed by atoms with E-state index in [9.17, 15) is 4.79 Å². The zero-order valence-corrected chi connectivity index (χ0v) is 11.6. The Balaban J connectivity index is 1.73. The molecule has 2 rings (SSSR count). The van der Waals surface area contributed by atoms with Crippen LogP contribution in [0.5, 0.6) is 0 Å². The summed E-state index contributed by atoms with van der Waals surface area (Å²) in [5, 5.41) is 0. The first-order valence-corrected chi connectivity index (χ1v) is 7.42. The van der Waals surface area contributed by atoms with Crippen LogP contribution >= 0.6 is 0 Å². The van der Waals surface area contributed by atoms with Crippen molar-refractivity contribution in [2.45, 2.75) is 45.1 Å². The molecule has 2 atom stereocenters. The van der Waals surface area contributed by atoms with Gasteiger partial charge in [0.2, 0.25) is 5.91 Å². The Hall–Kier alpha value is -0.610. The molecular formula is C14H27N3O. The van der Waals surface area contributed by atoms with Crippen LogP contribution in [0.15, 0.2) is 0 Å². The van der Waals surface area contributed by atoms with E-state index in [0.29, 0.717) is 18.2 Å². The molecule has 4 nitrogen and oxygen atoms in total. The lowest BCUT2D eigenvalue weighted by atomic mass is 9.92. The van der Waals surface area contributed by atoms with Gasteiger partial charge in [0, 0.05) is 32.1 Å². The molecule has 1 amide bonds. The Kier molecular flexibility index (Phi) is 5.01. The van der Waals surface area contributed by atoms with Crippen molar-refractivity contribution >= 4 is 5.91 Å². The highest BCUT2D eigenvalue weighted by atomic mass is 16.2. The molecule has 2 aliphatic heterocycles. The molecule has 2 aliphatic rings. The van der Waals surface area contributed by atoms with Gasteiger partial charge >= 0.3 is 0 Å². The lowest BCUT2D eigenvalue weighted by Gasteiger charge is -2.35. The average Bonchev–Trinajstić information content (AvgIpc) is 2.89. The third-order valence-corrected chi connectivity index (χ3v) is 4.39. The zero-order chi connectivity index (χ0) is 13.0. The number of piperidine rings is 1. The van der Waals surface area contributed by atoms with Gasteiger partial charge in [0.25, 0.3) is 0 Å². The zero-order valence-electron chi connectivity index (χ0n) is 11.6. The molecule has 2 unspecified atom stereocenters. The fraction of sp³-hybridized carbons (Fsp3) is 0.929. The molecular weight excluding hydrogens is 226 g/mol. The van der Waals surface area contributed by atoms with Crippen molar-refractivity contribution in [1.29, 1.82) is 0 Å². The second-order valence-corrected chi connectivity index (χ2v) is 5.90. The molecule has 0 radical (unpaired) electrons. The summed E-state index contributed by atoms with van der Waals surface area (Å²) in [5.41, 5.74) is 5.96. The van der Waals surface area contributed by atoms with Crippen LogP contribution in [-0.2, 0) is 4.79 Å². The summed E-state index contributed by atoms with van der Waals surface area (Å²) < 4.78 is 0. The monoisotopic (exact) mass is 253 g/mol. The minimum atomic E-state index is 0.208. The van der Waals surface area contributed by atoms with Gasteiger partial charge in [0.1, 0.15) is 0 Å². The van der Waals surface area contributed by atoms with Crippen LogP contribution in [0.2, 0.25) is 0 Å². The average molecular weight is 253 g/mol. The number of hydrogen-bond acceptors (Lipinski definition) is 3. The number of hydrogen-bond donors (Lipinski definition) is 1. The largest absolute Gasteiger partial charge is 0.342 e. The first-order chi connectivity index (χ1) is 8.66. The van der Waals surface area contributed by atoms with E-state index in [1.165, 1.54) is 32.4 Å². The molecule has 4 heteroatoms. The van der Waals surface area contributed by atoms with Crippen molar-refractivity contribution in [3.05, 3.63) is 0 Å². The van der Waals surface area contributed by atoms with E-state index in [4.69, 9.17) is 5.73 Å². The van der Waals surface area contributed by atoms with Crippen LogP contribution in [0.3, 0.4) is 0 Å². The number of rotatable bonds is 4. The second kappa shape index (κ2) is 6.53. The number of carbonyl (C=O) groups is 1. The molecule has 2 heterocycles. The maximum atomic E-state index is 12.2. The molecule has 2 N–H and O–H groups in total. The quantitative estimate of drug-likeness (QED) is 0.815. The van der Waals surface area contributed by atoms with E-state index in [-0.39, 0.29) is 6.04 Å². The van der Waals surface area contributed by atoms with E-state index in [1.807, 2.05) is 4.90 Å². The standard InChI is InChI=1S/C14H27N3O/c1-12(15)13-5-4-9-17(11-13)14(18)6-10-16-7-2-3-8-16/h12-13H,2-11,15H2,1H3. The van der Waals surface area contributed by atoms with E-state index >= 15 is 0 Å². The number of carbonyl (C=O) groups excluding carboxylic acids is 1. The van der Waals surface area contributed by atoms with Crippen molar-refractivity contribution < 1.29 is 4.79 Å². The Labute approximate surface area is 110 Å². The molecule has 104 valence electrons. The topological polar surface area (TPSA) is 49.6 Å². The third-order valence-electron chi connectivity index (χ3n) is 4.39. The molecule has 0 aromatic heterocycles. The van der Waals surface area contributed by atoms with Gasteiger partial charge in [0.05, 0.1) is 0 Å². The minimum Gasteiger partial charge on any atom is -0.342 e. The highest BCUT2D eigenvalue weighted by Gasteiger charge is 2.25. The van der Waals surface area contributed by atoms with E-state index in [0.717, 1.165) is 26.1 Å². The lowest BCUT2D eigenvalue weighted by molar-refractivity contribution is -0.133. The van der Waals surface area contributed by atoms with Gasteiger partial charge in [-0.3, -0.25) is 4.79 Å². The molecule has 0 saturated carbocycles. The molecule has 0 aliphatic carbocycles. The molecule has 0 bridgehead atoms. The van der Waals surface area contributed by atoms with Crippen LogP contribution < -0.4 is 5.73 Å². The summed E-state index contributed by atoms with van der Waals surface area (Å²) in [7, 11) is 0. The fourth-order valence-electron chi connectivity index (χ4n) is 3.08. The van der Waals surface area contributed by atoms with Crippen molar-refractivity contribution in [2.24, 2.45) is 11.7 Å². The maximum Gasteiger partial charge on any atom is 0.223 e. The SMILES string of the molecule is CC(N)C1CCCN(C(=O)CCN2CCCC2)C1. The first-order valence-electron chi connectivity index (χ1n) is 7.42. The van der Waals surface area contributed by atoms with E-state index in [2.05, 4.69) is 11.8 Å². The highest BCUT2D eigenvalue weighted by molar-refractivity contribution is 5.76.